The SMILES string of the molecule is Cc1nn(CC2CC2)c(=O)c(/C=C/c2ccccc2)c1-c1ccccc1OCc1ccccc1. The van der Waals surface area contributed by atoms with Gasteiger partial charge in [-0.2, -0.15) is 5.10 Å². The van der Waals surface area contributed by atoms with Crippen molar-refractivity contribution in [1.29, 1.82) is 0 Å². The quantitative estimate of drug-likeness (QED) is 0.314. The molecule has 1 aliphatic rings. The molecular formula is C30H28N2O2. The average Bonchev–Trinajstić information content (AvgIpc) is 3.69. The first-order chi connectivity index (χ1) is 16.7. The van der Waals surface area contributed by atoms with Crippen molar-refractivity contribution in [3.8, 4) is 16.9 Å². The zero-order chi connectivity index (χ0) is 23.3. The van der Waals surface area contributed by atoms with E-state index in [-0.39, 0.29) is 5.56 Å². The molecule has 1 heterocycles. The number of benzene rings is 3. The Morgan fingerprint density at radius 1 is 0.912 bits per heavy atom. The van der Waals surface area contributed by atoms with Crippen LogP contribution in [0.4, 0.5) is 0 Å². The maximum atomic E-state index is 13.6. The van der Waals surface area contributed by atoms with Gasteiger partial charge in [-0.15, -0.1) is 0 Å². The van der Waals surface area contributed by atoms with E-state index >= 15 is 0 Å². The summed E-state index contributed by atoms with van der Waals surface area (Å²) in [5.41, 5.74) is 5.26. The topological polar surface area (TPSA) is 44.1 Å². The number of hydrogen-bond donors (Lipinski definition) is 0. The number of hydrogen-bond acceptors (Lipinski definition) is 3. The maximum absolute atomic E-state index is 13.6. The number of aromatic nitrogens is 2. The first kappa shape index (κ1) is 21.9. The lowest BCUT2D eigenvalue weighted by Gasteiger charge is -2.17. The van der Waals surface area contributed by atoms with E-state index in [1.54, 1.807) is 4.68 Å². The van der Waals surface area contributed by atoms with Crippen molar-refractivity contribution in [2.45, 2.75) is 32.9 Å². The third-order valence-corrected chi connectivity index (χ3v) is 6.13. The molecule has 1 saturated carbocycles. The van der Waals surface area contributed by atoms with Gasteiger partial charge in [0.2, 0.25) is 0 Å². The number of ether oxygens (including phenoxy) is 1. The van der Waals surface area contributed by atoms with Crippen LogP contribution in [0, 0.1) is 12.8 Å². The Morgan fingerprint density at radius 3 is 2.32 bits per heavy atom. The lowest BCUT2D eigenvalue weighted by atomic mass is 9.97. The van der Waals surface area contributed by atoms with Crippen LogP contribution in [0.15, 0.2) is 89.7 Å². The predicted molar refractivity (Wildman–Crippen MR) is 138 cm³/mol. The number of aryl methyl sites for hydroxylation is 1. The Balaban J connectivity index is 1.59. The summed E-state index contributed by atoms with van der Waals surface area (Å²) >= 11 is 0. The third kappa shape index (κ3) is 5.01. The zero-order valence-electron chi connectivity index (χ0n) is 19.4. The van der Waals surface area contributed by atoms with Crippen LogP contribution in [-0.2, 0) is 13.2 Å². The van der Waals surface area contributed by atoms with Crippen LogP contribution in [0.5, 0.6) is 5.75 Å². The van der Waals surface area contributed by atoms with E-state index in [9.17, 15) is 4.79 Å². The molecule has 1 aliphatic carbocycles. The highest BCUT2D eigenvalue weighted by Gasteiger charge is 2.25. The minimum atomic E-state index is -0.0578. The van der Waals surface area contributed by atoms with Gasteiger partial charge in [0.1, 0.15) is 12.4 Å². The lowest BCUT2D eigenvalue weighted by molar-refractivity contribution is 0.307. The highest BCUT2D eigenvalue weighted by atomic mass is 16.5. The fourth-order valence-corrected chi connectivity index (χ4v) is 4.16. The molecule has 0 unspecified atom stereocenters. The van der Waals surface area contributed by atoms with Gasteiger partial charge in [-0.05, 0) is 49.0 Å². The van der Waals surface area contributed by atoms with E-state index in [2.05, 4.69) is 0 Å². The van der Waals surface area contributed by atoms with Gasteiger partial charge in [0, 0.05) is 17.7 Å². The maximum Gasteiger partial charge on any atom is 0.274 e. The molecule has 4 aromatic rings. The van der Waals surface area contributed by atoms with Crippen molar-refractivity contribution >= 4 is 12.2 Å². The van der Waals surface area contributed by atoms with E-state index in [1.807, 2.05) is 104 Å². The standard InChI is InChI=1S/C30H28N2O2/c1-22-29(26-14-8-9-15-28(26)34-21-25-12-6-3-7-13-25)27(19-18-23-10-4-2-5-11-23)30(33)32(31-22)20-24-16-17-24/h2-15,18-19,24H,16-17,20-21H2,1H3/b19-18+. The Hall–Kier alpha value is -3.92. The molecule has 3 aromatic carbocycles. The lowest BCUT2D eigenvalue weighted by Crippen LogP contribution is -2.27. The molecule has 170 valence electrons. The summed E-state index contributed by atoms with van der Waals surface area (Å²) in [6, 6.07) is 28.0. The molecule has 1 fully saturated rings. The minimum absolute atomic E-state index is 0.0578. The Morgan fingerprint density at radius 2 is 1.59 bits per heavy atom. The second kappa shape index (κ2) is 9.92. The molecule has 1 aromatic heterocycles. The molecule has 0 bridgehead atoms. The Kier molecular flexibility index (Phi) is 6.39. The van der Waals surface area contributed by atoms with Gasteiger partial charge < -0.3 is 4.74 Å². The van der Waals surface area contributed by atoms with Crippen molar-refractivity contribution in [1.82, 2.24) is 9.78 Å². The summed E-state index contributed by atoms with van der Waals surface area (Å²) in [5.74, 6) is 1.30. The number of para-hydroxylation sites is 1. The summed E-state index contributed by atoms with van der Waals surface area (Å²) in [7, 11) is 0. The molecule has 4 nitrogen and oxygen atoms in total. The Bertz CT molecular complexity index is 1350. The van der Waals surface area contributed by atoms with E-state index in [0.717, 1.165) is 33.7 Å². The van der Waals surface area contributed by atoms with Crippen LogP contribution >= 0.6 is 0 Å². The van der Waals surface area contributed by atoms with Crippen LogP contribution in [0.1, 0.15) is 35.2 Å². The van der Waals surface area contributed by atoms with E-state index in [1.165, 1.54) is 12.8 Å². The third-order valence-electron chi connectivity index (χ3n) is 6.13. The first-order valence-corrected chi connectivity index (χ1v) is 11.8. The molecule has 0 spiro atoms. The normalized spacial score (nSPS) is 13.3. The molecular weight excluding hydrogens is 420 g/mol. The summed E-state index contributed by atoms with van der Waals surface area (Å²) < 4.78 is 7.88. The monoisotopic (exact) mass is 448 g/mol. The van der Waals surface area contributed by atoms with Crippen LogP contribution in [0.2, 0.25) is 0 Å². The van der Waals surface area contributed by atoms with Crippen molar-refractivity contribution in [3.05, 3.63) is 118 Å². The number of nitrogens with zero attached hydrogens (tertiary/aromatic N) is 2. The minimum Gasteiger partial charge on any atom is -0.488 e. The zero-order valence-corrected chi connectivity index (χ0v) is 19.4. The summed E-state index contributed by atoms with van der Waals surface area (Å²) in [5, 5.41) is 4.72. The van der Waals surface area contributed by atoms with Gasteiger partial charge >= 0.3 is 0 Å². The van der Waals surface area contributed by atoms with Gasteiger partial charge in [-0.3, -0.25) is 4.79 Å². The molecule has 0 aliphatic heterocycles. The number of rotatable bonds is 8. The van der Waals surface area contributed by atoms with E-state index in [0.29, 0.717) is 24.6 Å². The van der Waals surface area contributed by atoms with Gasteiger partial charge in [0.05, 0.1) is 11.3 Å². The molecule has 0 radical (unpaired) electrons. The average molecular weight is 449 g/mol. The summed E-state index contributed by atoms with van der Waals surface area (Å²) in [6.07, 6.45) is 6.26. The highest BCUT2D eigenvalue weighted by Crippen LogP contribution is 2.35. The largest absolute Gasteiger partial charge is 0.488 e. The van der Waals surface area contributed by atoms with Crippen molar-refractivity contribution in [2.24, 2.45) is 5.92 Å². The molecule has 0 amide bonds. The van der Waals surface area contributed by atoms with Crippen molar-refractivity contribution in [2.75, 3.05) is 0 Å². The van der Waals surface area contributed by atoms with Gasteiger partial charge in [0.15, 0.2) is 0 Å². The first-order valence-electron chi connectivity index (χ1n) is 11.8. The molecule has 0 saturated heterocycles. The van der Waals surface area contributed by atoms with Crippen LogP contribution in [-0.4, -0.2) is 9.78 Å². The van der Waals surface area contributed by atoms with E-state index < -0.39 is 0 Å². The van der Waals surface area contributed by atoms with Crippen molar-refractivity contribution < 1.29 is 4.74 Å². The van der Waals surface area contributed by atoms with Gasteiger partial charge in [-0.25, -0.2) is 4.68 Å². The van der Waals surface area contributed by atoms with Gasteiger partial charge in [0.25, 0.3) is 5.56 Å². The predicted octanol–water partition coefficient (Wildman–Crippen LogP) is 6.38. The molecule has 4 heteroatoms. The second-order valence-corrected chi connectivity index (χ2v) is 8.82. The van der Waals surface area contributed by atoms with Crippen LogP contribution in [0.25, 0.3) is 23.3 Å². The van der Waals surface area contributed by atoms with Gasteiger partial charge in [-0.1, -0.05) is 84.9 Å². The fourth-order valence-electron chi connectivity index (χ4n) is 4.16. The fraction of sp³-hybridized carbons (Fsp3) is 0.200. The van der Waals surface area contributed by atoms with Crippen molar-refractivity contribution in [3.63, 3.8) is 0 Å². The molecule has 0 atom stereocenters. The molecule has 0 N–H and O–H groups in total. The smallest absolute Gasteiger partial charge is 0.274 e. The van der Waals surface area contributed by atoms with Crippen LogP contribution in [0.3, 0.4) is 0 Å². The second-order valence-electron chi connectivity index (χ2n) is 8.82. The highest BCUT2D eigenvalue weighted by molar-refractivity contribution is 5.84. The summed E-state index contributed by atoms with van der Waals surface area (Å²) in [4.78, 5) is 13.6. The molecule has 34 heavy (non-hydrogen) atoms. The van der Waals surface area contributed by atoms with Crippen LogP contribution < -0.4 is 10.3 Å². The molecule has 5 rings (SSSR count). The van der Waals surface area contributed by atoms with E-state index in [4.69, 9.17) is 9.84 Å². The summed E-state index contributed by atoms with van der Waals surface area (Å²) in [6.45, 7) is 3.11. The Labute approximate surface area is 200 Å².